The zero-order chi connectivity index (χ0) is 13.1. The third-order valence-corrected chi connectivity index (χ3v) is 2.47. The molecule has 1 heterocycles. The van der Waals surface area contributed by atoms with Crippen LogP contribution in [0.5, 0.6) is 0 Å². The van der Waals surface area contributed by atoms with Crippen LogP contribution in [0.4, 0.5) is 21.6 Å². The van der Waals surface area contributed by atoms with Gasteiger partial charge in [-0.05, 0) is 18.2 Å². The van der Waals surface area contributed by atoms with Gasteiger partial charge in [0, 0.05) is 6.20 Å². The summed E-state index contributed by atoms with van der Waals surface area (Å²) in [5.41, 5.74) is 6.24. The first-order valence-corrected chi connectivity index (χ1v) is 5.36. The molecule has 0 saturated carbocycles. The molecule has 0 amide bonds. The van der Waals surface area contributed by atoms with Gasteiger partial charge in [-0.15, -0.1) is 0 Å². The number of hydrogen-bond acceptors (Lipinski definition) is 4. The van der Waals surface area contributed by atoms with Crippen LogP contribution in [0, 0.1) is 17.1 Å². The minimum Gasteiger partial charge on any atom is -0.396 e. The van der Waals surface area contributed by atoms with Crippen molar-refractivity contribution in [3.63, 3.8) is 0 Å². The quantitative estimate of drug-likeness (QED) is 0.872. The van der Waals surface area contributed by atoms with Crippen molar-refractivity contribution in [3.05, 3.63) is 46.9 Å². The fourth-order valence-electron chi connectivity index (χ4n) is 1.43. The molecule has 0 aliphatic carbocycles. The first-order valence-electron chi connectivity index (χ1n) is 4.98. The Balaban J connectivity index is 2.41. The number of benzene rings is 1. The van der Waals surface area contributed by atoms with Crippen molar-refractivity contribution in [2.75, 3.05) is 11.1 Å². The number of halogens is 2. The lowest BCUT2D eigenvalue weighted by molar-refractivity contribution is 0.624. The van der Waals surface area contributed by atoms with E-state index < -0.39 is 5.82 Å². The van der Waals surface area contributed by atoms with Gasteiger partial charge < -0.3 is 11.1 Å². The molecule has 6 heteroatoms. The lowest BCUT2D eigenvalue weighted by Crippen LogP contribution is -2.01. The van der Waals surface area contributed by atoms with E-state index in [4.69, 9.17) is 22.6 Å². The number of hydrogen-bond donors (Lipinski definition) is 2. The van der Waals surface area contributed by atoms with Crippen molar-refractivity contribution >= 4 is 28.8 Å². The van der Waals surface area contributed by atoms with Gasteiger partial charge in [0.25, 0.3) is 0 Å². The SMILES string of the molecule is N#Cc1c(F)cccc1Nc1ncc(Cl)cc1N. The second-order valence-corrected chi connectivity index (χ2v) is 3.93. The average molecular weight is 263 g/mol. The van der Waals surface area contributed by atoms with Gasteiger partial charge in [0.05, 0.1) is 16.4 Å². The molecule has 0 bridgehead atoms. The number of nitrogens with zero attached hydrogens (tertiary/aromatic N) is 2. The summed E-state index contributed by atoms with van der Waals surface area (Å²) in [6.07, 6.45) is 1.41. The molecule has 3 N–H and O–H groups in total. The molecule has 0 unspecified atom stereocenters. The Morgan fingerprint density at radius 1 is 1.44 bits per heavy atom. The number of nitrogens with two attached hydrogens (primary N) is 1. The summed E-state index contributed by atoms with van der Waals surface area (Å²) in [5, 5.41) is 12.1. The van der Waals surface area contributed by atoms with E-state index in [1.165, 1.54) is 24.4 Å². The van der Waals surface area contributed by atoms with Crippen molar-refractivity contribution in [2.45, 2.75) is 0 Å². The summed E-state index contributed by atoms with van der Waals surface area (Å²) >= 11 is 5.72. The zero-order valence-corrected chi connectivity index (χ0v) is 9.87. The van der Waals surface area contributed by atoms with Gasteiger partial charge in [0.15, 0.2) is 5.82 Å². The third kappa shape index (κ3) is 2.34. The second-order valence-electron chi connectivity index (χ2n) is 3.49. The Labute approximate surface area is 108 Å². The van der Waals surface area contributed by atoms with Gasteiger partial charge in [0.2, 0.25) is 0 Å². The minimum absolute atomic E-state index is 0.0892. The number of anilines is 3. The molecule has 0 atom stereocenters. The van der Waals surface area contributed by atoms with E-state index in [0.717, 1.165) is 0 Å². The summed E-state index contributed by atoms with van der Waals surface area (Å²) in [5.74, 6) is -0.281. The van der Waals surface area contributed by atoms with Gasteiger partial charge in [0.1, 0.15) is 17.4 Å². The lowest BCUT2D eigenvalue weighted by Gasteiger charge is -2.10. The van der Waals surface area contributed by atoms with E-state index in [2.05, 4.69) is 10.3 Å². The molecular formula is C12H8ClFN4. The van der Waals surface area contributed by atoms with Crippen molar-refractivity contribution in [1.82, 2.24) is 4.98 Å². The van der Waals surface area contributed by atoms with Gasteiger partial charge in [-0.25, -0.2) is 9.37 Å². The Morgan fingerprint density at radius 2 is 2.22 bits per heavy atom. The molecule has 2 rings (SSSR count). The molecule has 0 spiro atoms. The number of rotatable bonds is 2. The molecule has 1 aromatic heterocycles. The maximum absolute atomic E-state index is 13.4. The van der Waals surface area contributed by atoms with Crippen LogP contribution in [-0.2, 0) is 0 Å². The Bertz CT molecular complexity index is 636. The average Bonchev–Trinajstić information content (AvgIpc) is 2.33. The van der Waals surface area contributed by atoms with Crippen LogP contribution in [0.1, 0.15) is 5.56 Å². The largest absolute Gasteiger partial charge is 0.396 e. The van der Waals surface area contributed by atoms with E-state index in [1.807, 2.05) is 0 Å². The third-order valence-electron chi connectivity index (χ3n) is 2.26. The van der Waals surface area contributed by atoms with Crippen LogP contribution in [0.15, 0.2) is 30.5 Å². The molecule has 4 nitrogen and oxygen atoms in total. The van der Waals surface area contributed by atoms with Gasteiger partial charge in [-0.2, -0.15) is 5.26 Å². The second kappa shape index (κ2) is 4.90. The number of aromatic nitrogens is 1. The molecule has 1 aromatic carbocycles. The minimum atomic E-state index is -0.602. The molecule has 0 saturated heterocycles. The van der Waals surface area contributed by atoms with Crippen LogP contribution in [-0.4, -0.2) is 4.98 Å². The number of pyridine rings is 1. The van der Waals surface area contributed by atoms with Gasteiger partial charge >= 0.3 is 0 Å². The zero-order valence-electron chi connectivity index (χ0n) is 9.11. The van der Waals surface area contributed by atoms with E-state index in [9.17, 15) is 4.39 Å². The fourth-order valence-corrected chi connectivity index (χ4v) is 1.60. The van der Waals surface area contributed by atoms with Crippen LogP contribution < -0.4 is 11.1 Å². The summed E-state index contributed by atoms with van der Waals surface area (Å²) < 4.78 is 13.4. The highest BCUT2D eigenvalue weighted by molar-refractivity contribution is 6.30. The first-order chi connectivity index (χ1) is 8.61. The summed E-state index contributed by atoms with van der Waals surface area (Å²) in [4.78, 5) is 3.98. The Hall–Kier alpha value is -2.32. The Morgan fingerprint density at radius 3 is 2.89 bits per heavy atom. The van der Waals surface area contributed by atoms with E-state index in [-0.39, 0.29) is 5.56 Å². The molecule has 0 fully saturated rings. The normalized spacial score (nSPS) is 9.83. The number of nitrogens with one attached hydrogen (secondary N) is 1. The highest BCUT2D eigenvalue weighted by Crippen LogP contribution is 2.26. The summed E-state index contributed by atoms with van der Waals surface area (Å²) in [7, 11) is 0. The monoisotopic (exact) mass is 262 g/mol. The molecule has 0 aliphatic rings. The van der Waals surface area contributed by atoms with Crippen molar-refractivity contribution in [1.29, 1.82) is 5.26 Å². The van der Waals surface area contributed by atoms with E-state index >= 15 is 0 Å². The van der Waals surface area contributed by atoms with E-state index in [0.29, 0.717) is 22.2 Å². The fraction of sp³-hybridized carbons (Fsp3) is 0. The molecule has 2 aromatic rings. The topological polar surface area (TPSA) is 74.7 Å². The molecule has 0 radical (unpaired) electrons. The summed E-state index contributed by atoms with van der Waals surface area (Å²) in [6.45, 7) is 0. The van der Waals surface area contributed by atoms with Crippen LogP contribution in [0.2, 0.25) is 5.02 Å². The maximum Gasteiger partial charge on any atom is 0.153 e. The first kappa shape index (κ1) is 12.1. The van der Waals surface area contributed by atoms with Crippen LogP contribution in [0.25, 0.3) is 0 Å². The Kier molecular flexibility index (Phi) is 3.31. The van der Waals surface area contributed by atoms with E-state index in [1.54, 1.807) is 12.1 Å². The van der Waals surface area contributed by atoms with Crippen LogP contribution >= 0.6 is 11.6 Å². The summed E-state index contributed by atoms with van der Waals surface area (Å²) in [6, 6.07) is 7.57. The molecule has 90 valence electrons. The highest BCUT2D eigenvalue weighted by Gasteiger charge is 2.09. The highest BCUT2D eigenvalue weighted by atomic mass is 35.5. The smallest absolute Gasteiger partial charge is 0.153 e. The van der Waals surface area contributed by atoms with Crippen molar-refractivity contribution < 1.29 is 4.39 Å². The predicted molar refractivity (Wildman–Crippen MR) is 68.1 cm³/mol. The molecule has 0 aliphatic heterocycles. The standard InChI is InChI=1S/C12H8ClFN4/c13-7-4-10(16)12(17-6-7)18-11-3-1-2-9(14)8(11)5-15/h1-4,6H,16H2,(H,17,18). The lowest BCUT2D eigenvalue weighted by atomic mass is 10.2. The number of nitriles is 1. The molecular weight excluding hydrogens is 255 g/mol. The van der Waals surface area contributed by atoms with Gasteiger partial charge in [-0.3, -0.25) is 0 Å². The number of nitrogen functional groups attached to an aromatic ring is 1. The van der Waals surface area contributed by atoms with Gasteiger partial charge in [-0.1, -0.05) is 17.7 Å². The van der Waals surface area contributed by atoms with Crippen LogP contribution in [0.3, 0.4) is 0 Å². The molecule has 18 heavy (non-hydrogen) atoms. The predicted octanol–water partition coefficient (Wildman–Crippen LogP) is 3.07. The maximum atomic E-state index is 13.4. The van der Waals surface area contributed by atoms with Crippen molar-refractivity contribution in [3.8, 4) is 6.07 Å². The van der Waals surface area contributed by atoms with Crippen molar-refractivity contribution in [2.24, 2.45) is 0 Å².